The summed E-state index contributed by atoms with van der Waals surface area (Å²) in [5.74, 6) is -3.04. The Kier molecular flexibility index (Phi) is 34.5. The standard InChI is InChI=1S/C30H30ClFN4O5.2C29H28ClFN4O5.2C2HF3O2.Li.H2O/c1-38-15-14-36-25-16-19(29(37)39-2)6-9-23(25)33-27(36)18-34-10-12-35(13-11-34)24-4-3-5-26-28(24)41-30(40-26)21-8-7-20(31)17-22(21)32;2*1-38-14-13-35-24-15-18(28(36)37)5-8-22(24)32-26(35)17-33-9-11-34(12-10-33)23-3-2-4-25-27(23)40-29(39-25)20-7-6-19(30)16-21(20)31;2*3-2(4,5)1(6)7;;/h3-9,16-17,30H,10-15,18H2,1-2H3;2*2-8,15-16,29H,9-14,17H2,1H3,(H,36,37);2*(H,6,7);;1H2/q;;;;;+1;/p-1. The average molecular weight is 1970 g/mol. The molecule has 3 saturated heterocycles. The molecule has 3 aromatic heterocycles. The number of nitrogens with zero attached hydrogens (tertiary/aromatic N) is 12. The molecule has 9 aromatic carbocycles. The molecule has 18 rings (SSSR count). The number of hydrogen-bond acceptors (Lipinski definition) is 25. The van der Waals surface area contributed by atoms with Gasteiger partial charge in [0.05, 0.1) is 130 Å². The third-order valence-corrected chi connectivity index (χ3v) is 23.3. The van der Waals surface area contributed by atoms with Gasteiger partial charge >= 0.3 is 61.1 Å². The number of ether oxygens (including phenoxy) is 10. The second-order valence-electron chi connectivity index (χ2n) is 31.1. The third kappa shape index (κ3) is 24.7. The Morgan fingerprint density at radius 1 is 0.387 bits per heavy atom. The summed E-state index contributed by atoms with van der Waals surface area (Å²) in [7, 11) is 6.33. The predicted octanol–water partition coefficient (Wildman–Crippen LogP) is 13.1. The van der Waals surface area contributed by atoms with Crippen molar-refractivity contribution in [1.29, 1.82) is 0 Å². The number of carbonyl (C=O) groups excluding carboxylic acids is 1. The number of aliphatic carboxylic acids is 2. The van der Waals surface area contributed by atoms with Crippen LogP contribution in [0.1, 0.15) is 84.1 Å². The molecule has 137 heavy (non-hydrogen) atoms. The Balaban J connectivity index is 0.000000171. The van der Waals surface area contributed by atoms with Crippen molar-refractivity contribution in [2.24, 2.45) is 0 Å². The van der Waals surface area contributed by atoms with Crippen molar-refractivity contribution in [3.05, 3.63) is 247 Å². The summed E-state index contributed by atoms with van der Waals surface area (Å²) >= 11 is 17.7. The molecule has 3 atom stereocenters. The van der Waals surface area contributed by atoms with Crippen molar-refractivity contribution >= 4 is 115 Å². The largest absolute Gasteiger partial charge is 1.00 e. The fourth-order valence-corrected chi connectivity index (χ4v) is 16.3. The van der Waals surface area contributed by atoms with Gasteiger partial charge in [-0.1, -0.05) is 53.0 Å². The number of aromatic carboxylic acids is 2. The number of methoxy groups -OCH3 is 4. The fraction of sp³-hybridized carbons (Fsp3) is 0.326. The number of imidazole rings is 3. The van der Waals surface area contributed by atoms with E-state index in [0.29, 0.717) is 131 Å². The SMILES string of the molecule is COCCn1c(CN2CCN(c3cccc4c3OC(c3ccc(Cl)cc3F)O4)CC2)nc2ccc(C(=O)O)cc21.COCCn1c(CN2CCN(c3cccc4c3OC(c3ccc(Cl)cc3F)O4)CC2)nc2ccc(C(=O)O)cc21.COCCn1c(CN2CCN(c3cccc4c3OC(c3ccc(Cl)cc3F)O4)CC2)nc2ccc(C(=O)OC)cc21.O=C(O)C(F)(F)F.O=C(O)C(F)(F)F.[Li+].[OH-]. The zero-order valence-electron chi connectivity index (χ0n) is 73.9. The van der Waals surface area contributed by atoms with Crippen LogP contribution in [-0.2, 0) is 67.8 Å². The molecule has 5 N–H and O–H groups in total. The summed E-state index contributed by atoms with van der Waals surface area (Å²) < 4.78 is 170. The number of esters is 1. The van der Waals surface area contributed by atoms with E-state index >= 15 is 0 Å². The number of piperazine rings is 3. The van der Waals surface area contributed by atoms with E-state index < -0.39 is 72.6 Å². The number of anilines is 3. The van der Waals surface area contributed by atoms with Crippen molar-refractivity contribution in [1.82, 2.24) is 43.4 Å². The molecular weight excluding hydrogens is 1880 g/mol. The molecule has 6 aliphatic heterocycles. The van der Waals surface area contributed by atoms with E-state index in [1.54, 1.807) is 100 Å². The molecule has 12 aromatic rings. The van der Waals surface area contributed by atoms with Gasteiger partial charge in [-0.25, -0.2) is 52.1 Å². The summed E-state index contributed by atoms with van der Waals surface area (Å²) in [6.07, 6.45) is -12.8. The molecule has 722 valence electrons. The summed E-state index contributed by atoms with van der Waals surface area (Å²) in [6.45, 7) is 14.5. The van der Waals surface area contributed by atoms with E-state index in [0.717, 1.165) is 146 Å². The molecule has 6 aliphatic rings. The fourth-order valence-electron chi connectivity index (χ4n) is 15.8. The maximum Gasteiger partial charge on any atom is 1.00 e. The number of fused-ring (bicyclic) bond motifs is 6. The van der Waals surface area contributed by atoms with E-state index in [4.69, 9.17) is 117 Å². The number of para-hydroxylation sites is 3. The monoisotopic (exact) mass is 1960 g/mol. The molecular formula is C92H89Cl3F9LiN12O20. The van der Waals surface area contributed by atoms with Gasteiger partial charge < -0.3 is 102 Å². The minimum absolute atomic E-state index is 0. The van der Waals surface area contributed by atoms with Crippen molar-refractivity contribution < 1.29 is 156 Å². The Bertz CT molecular complexity index is 6080. The molecule has 0 amide bonds. The van der Waals surface area contributed by atoms with Gasteiger partial charge in [-0.15, -0.1) is 0 Å². The van der Waals surface area contributed by atoms with Gasteiger partial charge in [-0.3, -0.25) is 14.7 Å². The van der Waals surface area contributed by atoms with E-state index in [9.17, 15) is 64.1 Å². The van der Waals surface area contributed by atoms with Gasteiger partial charge in [0, 0.05) is 135 Å². The van der Waals surface area contributed by atoms with E-state index in [1.807, 2.05) is 75.9 Å². The van der Waals surface area contributed by atoms with Crippen molar-refractivity contribution in [3.8, 4) is 34.5 Å². The first-order valence-corrected chi connectivity index (χ1v) is 43.0. The number of benzene rings is 9. The van der Waals surface area contributed by atoms with Crippen LogP contribution in [-0.4, -0.2) is 238 Å². The minimum atomic E-state index is -5.08. The molecule has 45 heteroatoms. The maximum absolute atomic E-state index is 14.5. The smallest absolute Gasteiger partial charge is 0.870 e. The first kappa shape index (κ1) is 103. The summed E-state index contributed by atoms with van der Waals surface area (Å²) in [5, 5.41) is 34.1. The van der Waals surface area contributed by atoms with Crippen molar-refractivity contribution in [2.45, 2.75) is 70.5 Å². The zero-order chi connectivity index (χ0) is 96.3. The van der Waals surface area contributed by atoms with Crippen LogP contribution in [0.25, 0.3) is 33.1 Å². The summed E-state index contributed by atoms with van der Waals surface area (Å²) in [5.41, 5.74) is 9.37. The van der Waals surface area contributed by atoms with E-state index in [-0.39, 0.29) is 41.4 Å². The summed E-state index contributed by atoms with van der Waals surface area (Å²) in [6, 6.07) is 46.0. The Labute approximate surface area is 802 Å². The number of carbonyl (C=O) groups is 5. The third-order valence-electron chi connectivity index (χ3n) is 22.6. The minimum Gasteiger partial charge on any atom is -0.870 e. The van der Waals surface area contributed by atoms with Crippen LogP contribution in [0.3, 0.4) is 0 Å². The molecule has 0 aliphatic carbocycles. The number of carboxylic acid groups (broad SMARTS) is 4. The van der Waals surface area contributed by atoms with E-state index in [1.165, 1.54) is 25.3 Å². The Hall–Kier alpha value is -12.5. The van der Waals surface area contributed by atoms with Crippen LogP contribution in [0, 0.1) is 17.5 Å². The number of halogens is 12. The molecule has 32 nitrogen and oxygen atoms in total. The molecule has 0 spiro atoms. The zero-order valence-corrected chi connectivity index (χ0v) is 76.2. The van der Waals surface area contributed by atoms with Crippen LogP contribution in [0.15, 0.2) is 164 Å². The topological polar surface area (TPSA) is 361 Å². The van der Waals surface area contributed by atoms with Gasteiger partial charge in [0.25, 0.3) is 18.9 Å². The molecule has 0 bridgehead atoms. The van der Waals surface area contributed by atoms with Gasteiger partial charge in [0.1, 0.15) is 34.9 Å². The van der Waals surface area contributed by atoms with Gasteiger partial charge in [-0.05, 0) is 146 Å². The van der Waals surface area contributed by atoms with E-state index in [2.05, 4.69) is 34.0 Å². The molecule has 9 heterocycles. The first-order valence-electron chi connectivity index (χ1n) is 41.9. The van der Waals surface area contributed by atoms with Gasteiger partial charge in [0.15, 0.2) is 34.5 Å². The molecule has 0 saturated carbocycles. The van der Waals surface area contributed by atoms with Gasteiger partial charge in [0.2, 0.25) is 0 Å². The van der Waals surface area contributed by atoms with Crippen LogP contribution >= 0.6 is 34.8 Å². The number of aromatic nitrogens is 6. The van der Waals surface area contributed by atoms with Crippen molar-refractivity contribution in [2.75, 3.05) is 141 Å². The Morgan fingerprint density at radius 2 is 0.657 bits per heavy atom. The Morgan fingerprint density at radius 3 is 0.905 bits per heavy atom. The van der Waals surface area contributed by atoms with Crippen LogP contribution in [0.2, 0.25) is 15.1 Å². The predicted molar refractivity (Wildman–Crippen MR) is 477 cm³/mol. The first-order chi connectivity index (χ1) is 64.6. The number of rotatable bonds is 24. The van der Waals surface area contributed by atoms with Crippen LogP contribution in [0.4, 0.5) is 56.6 Å². The second-order valence-corrected chi connectivity index (χ2v) is 32.4. The number of alkyl halides is 6. The number of hydrogen-bond donors (Lipinski definition) is 4. The maximum atomic E-state index is 14.5. The van der Waals surface area contributed by atoms with Gasteiger partial charge in [-0.2, -0.15) is 26.3 Å². The number of carboxylic acids is 4. The van der Waals surface area contributed by atoms with Crippen LogP contribution in [0.5, 0.6) is 34.5 Å². The molecule has 3 unspecified atom stereocenters. The second kappa shape index (κ2) is 45.6. The average Bonchev–Trinajstić information content (AvgIpc) is 1.66. The quantitative estimate of drug-likeness (QED) is 0.0248. The van der Waals surface area contributed by atoms with Crippen molar-refractivity contribution in [3.63, 3.8) is 0 Å². The molecule has 3 fully saturated rings. The normalized spacial score (nSPS) is 16.2. The van der Waals surface area contributed by atoms with Crippen LogP contribution < -0.4 is 62.0 Å². The summed E-state index contributed by atoms with van der Waals surface area (Å²) in [4.78, 5) is 81.2. The molecule has 0 radical (unpaired) electrons.